The van der Waals surface area contributed by atoms with Crippen molar-refractivity contribution >= 4 is 42.6 Å². The average Bonchev–Trinajstić information content (AvgIpc) is 2.74. The van der Waals surface area contributed by atoms with Crippen LogP contribution >= 0.6 is 0 Å². The molecule has 1 atom stereocenters. The standard InChI is InChI=1S/C22H37NO9S3/c1-34(27,28)20-14-12-13-19(32-16-9-11-18-35(29,30)31)22(20)23-21(24)15-8-6-4-2-3-5-7-10-17-33(25)26/h12-14H,2-11,15-18H2,1H3,(H,23,24)(H,25,26)(H,29,30,31). The van der Waals surface area contributed by atoms with Gasteiger partial charge < -0.3 is 14.6 Å². The van der Waals surface area contributed by atoms with Gasteiger partial charge in [-0.15, -0.1) is 0 Å². The molecule has 0 spiro atoms. The molecule has 1 aromatic rings. The van der Waals surface area contributed by atoms with Gasteiger partial charge in [-0.1, -0.05) is 44.6 Å². The number of carbonyl (C=O) groups is 1. The predicted molar refractivity (Wildman–Crippen MR) is 137 cm³/mol. The van der Waals surface area contributed by atoms with Crippen LogP contribution < -0.4 is 10.1 Å². The second kappa shape index (κ2) is 16.3. The number of amides is 1. The first-order valence-corrected chi connectivity index (χ1v) is 16.5. The number of benzene rings is 1. The van der Waals surface area contributed by atoms with Crippen LogP contribution in [-0.2, 0) is 35.8 Å². The molecule has 0 aliphatic carbocycles. The largest absolute Gasteiger partial charge is 0.491 e. The summed E-state index contributed by atoms with van der Waals surface area (Å²) < 4.78 is 79.7. The fourth-order valence-corrected chi connectivity index (χ4v) is 5.27. The molecule has 0 fully saturated rings. The monoisotopic (exact) mass is 555 g/mol. The quantitative estimate of drug-likeness (QED) is 0.131. The Balaban J connectivity index is 2.51. The summed E-state index contributed by atoms with van der Waals surface area (Å²) in [7, 11) is -7.69. The Morgan fingerprint density at radius 2 is 1.54 bits per heavy atom. The zero-order chi connectivity index (χ0) is 26.3. The molecule has 0 saturated heterocycles. The summed E-state index contributed by atoms with van der Waals surface area (Å²) in [5.74, 6) is -0.222. The van der Waals surface area contributed by atoms with Gasteiger partial charge in [0.1, 0.15) is 11.4 Å². The molecule has 1 rings (SSSR count). The number of carbonyl (C=O) groups excluding carboxylic acids is 1. The zero-order valence-electron chi connectivity index (χ0n) is 20.1. The highest BCUT2D eigenvalue weighted by atomic mass is 32.2. The molecule has 3 N–H and O–H groups in total. The fourth-order valence-electron chi connectivity index (χ4n) is 3.41. The van der Waals surface area contributed by atoms with Gasteiger partial charge in [-0.3, -0.25) is 9.35 Å². The Labute approximate surface area is 211 Å². The van der Waals surface area contributed by atoms with Crippen LogP contribution in [0.1, 0.15) is 70.6 Å². The van der Waals surface area contributed by atoms with E-state index in [9.17, 15) is 25.8 Å². The molecule has 1 aromatic carbocycles. The number of anilines is 1. The van der Waals surface area contributed by atoms with E-state index >= 15 is 0 Å². The number of para-hydroxylation sites is 1. The lowest BCUT2D eigenvalue weighted by molar-refractivity contribution is -0.116. The molecule has 13 heteroatoms. The van der Waals surface area contributed by atoms with E-state index in [-0.39, 0.29) is 41.7 Å². The van der Waals surface area contributed by atoms with Gasteiger partial charge in [0.2, 0.25) is 5.91 Å². The third kappa shape index (κ3) is 15.2. The van der Waals surface area contributed by atoms with Crippen molar-refractivity contribution in [2.45, 2.75) is 75.5 Å². The molecule has 202 valence electrons. The first-order chi connectivity index (χ1) is 16.4. The number of unbranched alkanes of at least 4 members (excludes halogenated alkanes) is 8. The summed E-state index contributed by atoms with van der Waals surface area (Å²) >= 11 is -1.72. The van der Waals surface area contributed by atoms with Gasteiger partial charge >= 0.3 is 0 Å². The molecule has 0 aromatic heterocycles. The number of rotatable bonds is 19. The summed E-state index contributed by atoms with van der Waals surface area (Å²) in [4.78, 5) is 12.4. The topological polar surface area (TPSA) is 164 Å². The number of ether oxygens (including phenoxy) is 1. The Kier molecular flexibility index (Phi) is 14.6. The molecule has 0 bridgehead atoms. The van der Waals surface area contributed by atoms with Gasteiger partial charge in [0.15, 0.2) is 20.9 Å². The van der Waals surface area contributed by atoms with Crippen LogP contribution in [0.4, 0.5) is 5.69 Å². The lowest BCUT2D eigenvalue weighted by Gasteiger charge is -2.16. The molecular weight excluding hydrogens is 518 g/mol. The maximum Gasteiger partial charge on any atom is 0.264 e. The van der Waals surface area contributed by atoms with Crippen LogP contribution in [0.15, 0.2) is 23.1 Å². The minimum Gasteiger partial charge on any atom is -0.491 e. The SMILES string of the molecule is CS(=O)(=O)c1cccc(OCCCCS(=O)(=O)O)c1NC(=O)CCCCCCCCCCS(=O)O. The molecule has 0 aliphatic heterocycles. The summed E-state index contributed by atoms with van der Waals surface area (Å²) in [6.45, 7) is 0.0868. The fraction of sp³-hybridized carbons (Fsp3) is 0.682. The maximum atomic E-state index is 12.5. The van der Waals surface area contributed by atoms with Crippen LogP contribution in [-0.4, -0.2) is 60.4 Å². The lowest BCUT2D eigenvalue weighted by Crippen LogP contribution is -2.16. The van der Waals surface area contributed by atoms with Crippen molar-refractivity contribution in [3.63, 3.8) is 0 Å². The number of hydrogen-bond acceptors (Lipinski definition) is 7. The van der Waals surface area contributed by atoms with Gasteiger partial charge in [-0.05, 0) is 37.8 Å². The number of nitrogens with one attached hydrogen (secondary N) is 1. The molecule has 10 nitrogen and oxygen atoms in total. The number of sulfone groups is 1. The van der Waals surface area contributed by atoms with E-state index in [1.54, 1.807) is 0 Å². The van der Waals surface area contributed by atoms with Crippen LogP contribution in [0.2, 0.25) is 0 Å². The Morgan fingerprint density at radius 3 is 2.11 bits per heavy atom. The van der Waals surface area contributed by atoms with E-state index in [2.05, 4.69) is 5.32 Å². The van der Waals surface area contributed by atoms with Crippen molar-refractivity contribution < 1.29 is 39.7 Å². The van der Waals surface area contributed by atoms with Crippen LogP contribution in [0.3, 0.4) is 0 Å². The van der Waals surface area contributed by atoms with Crippen LogP contribution in [0.25, 0.3) is 0 Å². The minimum atomic E-state index is -4.05. The van der Waals surface area contributed by atoms with E-state index < -0.39 is 36.8 Å². The van der Waals surface area contributed by atoms with Gasteiger partial charge in [-0.25, -0.2) is 12.6 Å². The highest BCUT2D eigenvalue weighted by molar-refractivity contribution is 7.90. The van der Waals surface area contributed by atoms with Crippen LogP contribution in [0.5, 0.6) is 5.75 Å². The molecular formula is C22H37NO9S3. The molecule has 0 saturated carbocycles. The van der Waals surface area contributed by atoms with E-state index in [4.69, 9.17) is 13.8 Å². The van der Waals surface area contributed by atoms with E-state index in [1.807, 2.05) is 0 Å². The Hall–Kier alpha value is -1.54. The summed E-state index contributed by atoms with van der Waals surface area (Å²) in [6.07, 6.45) is 9.00. The highest BCUT2D eigenvalue weighted by Crippen LogP contribution is 2.32. The third-order valence-electron chi connectivity index (χ3n) is 5.18. The van der Waals surface area contributed by atoms with E-state index in [1.165, 1.54) is 18.2 Å². The van der Waals surface area contributed by atoms with Crippen molar-refractivity contribution in [3.8, 4) is 5.75 Å². The third-order valence-corrected chi connectivity index (χ3v) is 7.76. The lowest BCUT2D eigenvalue weighted by atomic mass is 10.1. The maximum absolute atomic E-state index is 12.5. The molecule has 0 heterocycles. The van der Waals surface area contributed by atoms with Gasteiger partial charge in [-0.2, -0.15) is 8.42 Å². The van der Waals surface area contributed by atoms with Gasteiger partial charge in [0.25, 0.3) is 10.1 Å². The van der Waals surface area contributed by atoms with Crippen molar-refractivity contribution in [2.24, 2.45) is 0 Å². The van der Waals surface area contributed by atoms with E-state index in [0.29, 0.717) is 18.6 Å². The average molecular weight is 556 g/mol. The zero-order valence-corrected chi connectivity index (χ0v) is 22.6. The van der Waals surface area contributed by atoms with Crippen LogP contribution in [0, 0.1) is 0 Å². The van der Waals surface area contributed by atoms with Gasteiger partial charge in [0.05, 0.1) is 17.3 Å². The van der Waals surface area contributed by atoms with Gasteiger partial charge in [0, 0.05) is 18.4 Å². The molecule has 0 aliphatic rings. The second-order valence-corrected chi connectivity index (χ2v) is 13.0. The smallest absolute Gasteiger partial charge is 0.264 e. The summed E-state index contributed by atoms with van der Waals surface area (Å²) in [5, 5.41) is 2.66. The summed E-state index contributed by atoms with van der Waals surface area (Å²) in [6, 6.07) is 4.42. The Morgan fingerprint density at radius 1 is 0.943 bits per heavy atom. The van der Waals surface area contributed by atoms with E-state index in [0.717, 1.165) is 51.2 Å². The second-order valence-electron chi connectivity index (χ2n) is 8.40. The first kappa shape index (κ1) is 31.5. The number of hydrogen-bond donors (Lipinski definition) is 3. The highest BCUT2D eigenvalue weighted by Gasteiger charge is 2.19. The van der Waals surface area contributed by atoms with Crippen molar-refractivity contribution in [3.05, 3.63) is 18.2 Å². The molecule has 35 heavy (non-hydrogen) atoms. The van der Waals surface area contributed by atoms with Crippen molar-refractivity contribution in [1.29, 1.82) is 0 Å². The Bertz CT molecular complexity index is 1020. The first-order valence-electron chi connectivity index (χ1n) is 11.7. The predicted octanol–water partition coefficient (Wildman–Crippen LogP) is 3.81. The molecule has 1 unspecified atom stereocenters. The normalized spacial score (nSPS) is 12.9. The van der Waals surface area contributed by atoms with Crippen molar-refractivity contribution in [1.82, 2.24) is 0 Å². The molecule has 0 radical (unpaired) electrons. The summed E-state index contributed by atoms with van der Waals surface area (Å²) in [5.41, 5.74) is 0.0681. The van der Waals surface area contributed by atoms with Crippen molar-refractivity contribution in [2.75, 3.05) is 29.7 Å². The molecule has 1 amide bonds. The minimum absolute atomic E-state index is 0.0636.